The van der Waals surface area contributed by atoms with Crippen molar-refractivity contribution < 1.29 is 8.42 Å². The highest BCUT2D eigenvalue weighted by Gasteiger charge is 2.19. The molecule has 0 amide bonds. The van der Waals surface area contributed by atoms with E-state index >= 15 is 0 Å². The van der Waals surface area contributed by atoms with Gasteiger partial charge >= 0.3 is 0 Å². The van der Waals surface area contributed by atoms with Crippen LogP contribution in [0, 0.1) is 0 Å². The fourth-order valence-corrected chi connectivity index (χ4v) is 3.37. The summed E-state index contributed by atoms with van der Waals surface area (Å²) in [6, 6.07) is 18.7. The Kier molecular flexibility index (Phi) is 3.47. The van der Waals surface area contributed by atoms with Gasteiger partial charge in [-0.1, -0.05) is 55.5 Å². The van der Waals surface area contributed by atoms with E-state index in [9.17, 15) is 8.42 Å². The zero-order valence-electron chi connectivity index (χ0n) is 11.7. The topological polar surface area (TPSA) is 47.0 Å². The third kappa shape index (κ3) is 2.54. The third-order valence-electron chi connectivity index (χ3n) is 3.45. The third-order valence-corrected chi connectivity index (χ3v) is 5.19. The second-order valence-electron chi connectivity index (χ2n) is 4.80. The molecule has 0 bridgehead atoms. The minimum atomic E-state index is -3.33. The Morgan fingerprint density at radius 1 is 0.952 bits per heavy atom. The maximum absolute atomic E-state index is 12.4. The Hall–Kier alpha value is -2.20. The minimum Gasteiger partial charge on any atom is -0.246 e. The van der Waals surface area contributed by atoms with Crippen LogP contribution in [0.5, 0.6) is 0 Å². The number of rotatable bonds is 3. The van der Waals surface area contributed by atoms with Crippen LogP contribution in [0.1, 0.15) is 6.92 Å². The first-order chi connectivity index (χ1) is 10.1. The number of para-hydroxylation sites is 1. The van der Waals surface area contributed by atoms with Gasteiger partial charge in [-0.3, -0.25) is 0 Å². The number of hydrogen-bond donors (Lipinski definition) is 0. The van der Waals surface area contributed by atoms with Crippen LogP contribution < -0.4 is 0 Å². The van der Waals surface area contributed by atoms with E-state index in [-0.39, 0.29) is 5.75 Å². The minimum absolute atomic E-state index is 0.0624. The standard InChI is InChI=1S/C17H15NO2S/c1-2-21(19,20)16-12-14-10-6-7-11-15(14)18-17(16)13-8-4-3-5-9-13/h3-12H,2H2,1H3. The van der Waals surface area contributed by atoms with Crippen molar-refractivity contribution in [2.45, 2.75) is 11.8 Å². The lowest BCUT2D eigenvalue weighted by atomic mass is 10.1. The Labute approximate surface area is 124 Å². The average Bonchev–Trinajstić information content (AvgIpc) is 2.54. The molecule has 1 aromatic heterocycles. The second-order valence-corrected chi connectivity index (χ2v) is 7.04. The van der Waals surface area contributed by atoms with E-state index in [1.165, 1.54) is 0 Å². The first-order valence-electron chi connectivity index (χ1n) is 6.80. The molecule has 0 unspecified atom stereocenters. The molecule has 1 heterocycles. The molecule has 0 N–H and O–H groups in total. The van der Waals surface area contributed by atoms with Gasteiger partial charge in [0.05, 0.1) is 21.9 Å². The van der Waals surface area contributed by atoms with Gasteiger partial charge in [-0.25, -0.2) is 13.4 Å². The van der Waals surface area contributed by atoms with Gasteiger partial charge < -0.3 is 0 Å². The maximum Gasteiger partial charge on any atom is 0.180 e. The van der Waals surface area contributed by atoms with E-state index in [2.05, 4.69) is 4.98 Å². The van der Waals surface area contributed by atoms with Crippen molar-refractivity contribution >= 4 is 20.7 Å². The SMILES string of the molecule is CCS(=O)(=O)c1cc2ccccc2nc1-c1ccccc1. The number of nitrogens with zero attached hydrogens (tertiary/aromatic N) is 1. The molecule has 0 aliphatic rings. The molecular formula is C17H15NO2S. The predicted octanol–water partition coefficient (Wildman–Crippen LogP) is 3.70. The van der Waals surface area contributed by atoms with Crippen molar-refractivity contribution in [3.05, 3.63) is 60.7 Å². The van der Waals surface area contributed by atoms with Gasteiger partial charge in [0.1, 0.15) is 0 Å². The summed E-state index contributed by atoms with van der Waals surface area (Å²) in [6.07, 6.45) is 0. The fraction of sp³-hybridized carbons (Fsp3) is 0.118. The monoisotopic (exact) mass is 297 g/mol. The van der Waals surface area contributed by atoms with Crippen LogP contribution in [-0.2, 0) is 9.84 Å². The molecule has 0 radical (unpaired) electrons. The molecular weight excluding hydrogens is 282 g/mol. The second kappa shape index (κ2) is 5.30. The summed E-state index contributed by atoms with van der Waals surface area (Å²) < 4.78 is 24.8. The normalized spacial score (nSPS) is 11.7. The zero-order valence-corrected chi connectivity index (χ0v) is 12.5. The predicted molar refractivity (Wildman–Crippen MR) is 84.9 cm³/mol. The van der Waals surface area contributed by atoms with Gasteiger partial charge in [0, 0.05) is 10.9 Å². The van der Waals surface area contributed by atoms with Crippen molar-refractivity contribution in [2.24, 2.45) is 0 Å². The maximum atomic E-state index is 12.4. The van der Waals surface area contributed by atoms with E-state index < -0.39 is 9.84 Å². The summed E-state index contributed by atoms with van der Waals surface area (Å²) in [5.41, 5.74) is 2.14. The van der Waals surface area contributed by atoms with E-state index in [1.54, 1.807) is 13.0 Å². The van der Waals surface area contributed by atoms with Crippen LogP contribution in [0.15, 0.2) is 65.6 Å². The van der Waals surface area contributed by atoms with Gasteiger partial charge in [-0.2, -0.15) is 0 Å². The van der Waals surface area contributed by atoms with Crippen molar-refractivity contribution in [3.63, 3.8) is 0 Å². The molecule has 21 heavy (non-hydrogen) atoms. The van der Waals surface area contributed by atoms with Crippen LogP contribution >= 0.6 is 0 Å². The van der Waals surface area contributed by atoms with Crippen molar-refractivity contribution in [2.75, 3.05) is 5.75 Å². The van der Waals surface area contributed by atoms with Crippen molar-refractivity contribution in [1.29, 1.82) is 0 Å². The Balaban J connectivity index is 2.38. The van der Waals surface area contributed by atoms with Crippen LogP contribution in [0.25, 0.3) is 22.2 Å². The summed E-state index contributed by atoms with van der Waals surface area (Å²) >= 11 is 0. The summed E-state index contributed by atoms with van der Waals surface area (Å²) in [4.78, 5) is 4.88. The number of aromatic nitrogens is 1. The van der Waals surface area contributed by atoms with Gasteiger partial charge in [-0.05, 0) is 12.1 Å². The lowest BCUT2D eigenvalue weighted by molar-refractivity contribution is 0.597. The van der Waals surface area contributed by atoms with E-state index in [4.69, 9.17) is 0 Å². The molecule has 0 fully saturated rings. The van der Waals surface area contributed by atoms with Crippen LogP contribution in [0.2, 0.25) is 0 Å². The lowest BCUT2D eigenvalue weighted by Crippen LogP contribution is -2.07. The quantitative estimate of drug-likeness (QED) is 0.740. The van der Waals surface area contributed by atoms with Gasteiger partial charge in [-0.15, -0.1) is 0 Å². The Morgan fingerprint density at radius 2 is 1.62 bits per heavy atom. The molecule has 3 aromatic rings. The molecule has 0 saturated heterocycles. The smallest absolute Gasteiger partial charge is 0.180 e. The zero-order chi connectivity index (χ0) is 14.9. The molecule has 106 valence electrons. The molecule has 0 aliphatic heterocycles. The number of sulfone groups is 1. The molecule has 3 rings (SSSR count). The van der Waals surface area contributed by atoms with Crippen LogP contribution in [-0.4, -0.2) is 19.2 Å². The van der Waals surface area contributed by atoms with Crippen molar-refractivity contribution in [3.8, 4) is 11.3 Å². The summed E-state index contributed by atoms with van der Waals surface area (Å²) in [7, 11) is -3.33. The number of pyridine rings is 1. The molecule has 4 heteroatoms. The van der Waals surface area contributed by atoms with Crippen LogP contribution in [0.3, 0.4) is 0 Å². The Morgan fingerprint density at radius 3 is 2.33 bits per heavy atom. The highest BCUT2D eigenvalue weighted by atomic mass is 32.2. The molecule has 0 atom stereocenters. The summed E-state index contributed by atoms with van der Waals surface area (Å²) in [6.45, 7) is 1.65. The Bertz CT molecular complexity index is 887. The average molecular weight is 297 g/mol. The van der Waals surface area contributed by atoms with Crippen LogP contribution in [0.4, 0.5) is 0 Å². The van der Waals surface area contributed by atoms with Crippen molar-refractivity contribution in [1.82, 2.24) is 4.98 Å². The number of fused-ring (bicyclic) bond motifs is 1. The molecule has 2 aromatic carbocycles. The number of benzene rings is 2. The summed E-state index contributed by atoms with van der Waals surface area (Å²) in [5, 5.41) is 0.837. The largest absolute Gasteiger partial charge is 0.246 e. The lowest BCUT2D eigenvalue weighted by Gasteiger charge is -2.10. The highest BCUT2D eigenvalue weighted by molar-refractivity contribution is 7.91. The first-order valence-corrected chi connectivity index (χ1v) is 8.45. The van der Waals surface area contributed by atoms with Gasteiger partial charge in [0.2, 0.25) is 0 Å². The highest BCUT2D eigenvalue weighted by Crippen LogP contribution is 2.29. The number of hydrogen-bond acceptors (Lipinski definition) is 3. The van der Waals surface area contributed by atoms with E-state index in [1.807, 2.05) is 54.6 Å². The molecule has 0 spiro atoms. The fourth-order valence-electron chi connectivity index (χ4n) is 2.29. The molecule has 0 saturated carbocycles. The summed E-state index contributed by atoms with van der Waals surface area (Å²) in [5.74, 6) is 0.0624. The first kappa shape index (κ1) is 13.8. The van der Waals surface area contributed by atoms with E-state index in [0.29, 0.717) is 10.6 Å². The molecule has 3 nitrogen and oxygen atoms in total. The van der Waals surface area contributed by atoms with Gasteiger partial charge in [0.25, 0.3) is 0 Å². The molecule has 0 aliphatic carbocycles. The van der Waals surface area contributed by atoms with Gasteiger partial charge in [0.15, 0.2) is 9.84 Å². The van der Waals surface area contributed by atoms with E-state index in [0.717, 1.165) is 16.5 Å².